The molecule has 2 heterocycles. The summed E-state index contributed by atoms with van der Waals surface area (Å²) in [6.45, 7) is 2.88. The minimum Gasteiger partial charge on any atom is -0.370 e. The summed E-state index contributed by atoms with van der Waals surface area (Å²) in [5, 5.41) is 3.03. The van der Waals surface area contributed by atoms with Crippen LogP contribution in [0.15, 0.2) is 18.2 Å². The number of rotatable bonds is 2. The molecule has 0 radical (unpaired) electrons. The van der Waals surface area contributed by atoms with Crippen molar-refractivity contribution >= 4 is 17.4 Å². The Bertz CT molecular complexity index is 588. The first-order valence-electron chi connectivity index (χ1n) is 7.40. The van der Waals surface area contributed by atoms with Crippen molar-refractivity contribution in [3.8, 4) is 0 Å². The molecule has 112 valence electrons. The molecule has 1 aromatic rings. The summed E-state index contributed by atoms with van der Waals surface area (Å²) >= 11 is 0. The van der Waals surface area contributed by atoms with E-state index in [1.807, 2.05) is 6.07 Å². The number of halogens is 1. The first kappa shape index (κ1) is 14.0. The van der Waals surface area contributed by atoms with E-state index in [-0.39, 0.29) is 23.3 Å². The number of amides is 1. The number of nitrogens with one attached hydrogen (secondary N) is 1. The molecule has 0 bridgehead atoms. The van der Waals surface area contributed by atoms with Crippen LogP contribution in [0.3, 0.4) is 0 Å². The molecule has 0 aliphatic carbocycles. The Hall–Kier alpha value is -1.91. The average molecular weight is 290 g/mol. The van der Waals surface area contributed by atoms with Crippen LogP contribution in [0.1, 0.15) is 36.5 Å². The molecule has 21 heavy (non-hydrogen) atoms. The smallest absolute Gasteiger partial charge is 0.220 e. The quantitative estimate of drug-likeness (QED) is 0.849. The standard InChI is InChI=1S/C16H19FN2O2/c1-10(20)16-12(17)3-2-4-14(16)19-8-7-13-11(9-19)5-6-15(21)18-13/h2-4,11,13H,5-9H2,1H3,(H,18,21). The summed E-state index contributed by atoms with van der Waals surface area (Å²) in [4.78, 5) is 25.3. The van der Waals surface area contributed by atoms with Gasteiger partial charge in [0.25, 0.3) is 0 Å². The summed E-state index contributed by atoms with van der Waals surface area (Å²) in [6.07, 6.45) is 2.25. The Morgan fingerprint density at radius 3 is 2.95 bits per heavy atom. The molecule has 1 amide bonds. The number of hydrogen-bond donors (Lipinski definition) is 1. The van der Waals surface area contributed by atoms with Crippen LogP contribution in [0.5, 0.6) is 0 Å². The first-order valence-corrected chi connectivity index (χ1v) is 7.40. The van der Waals surface area contributed by atoms with Crippen LogP contribution >= 0.6 is 0 Å². The second-order valence-electron chi connectivity index (χ2n) is 5.90. The number of piperidine rings is 2. The molecule has 2 fully saturated rings. The molecule has 3 rings (SSSR count). The van der Waals surface area contributed by atoms with E-state index in [2.05, 4.69) is 10.2 Å². The SMILES string of the molecule is CC(=O)c1c(F)cccc1N1CCC2NC(=O)CCC2C1. The van der Waals surface area contributed by atoms with Crippen molar-refractivity contribution in [1.29, 1.82) is 0 Å². The van der Waals surface area contributed by atoms with Gasteiger partial charge in [-0.3, -0.25) is 9.59 Å². The summed E-state index contributed by atoms with van der Waals surface area (Å²) in [5.74, 6) is -0.208. The third kappa shape index (κ3) is 2.64. The van der Waals surface area contributed by atoms with Crippen molar-refractivity contribution < 1.29 is 14.0 Å². The molecular formula is C16H19FN2O2. The lowest BCUT2D eigenvalue weighted by molar-refractivity contribution is -0.124. The Morgan fingerprint density at radius 2 is 2.19 bits per heavy atom. The number of benzene rings is 1. The molecule has 0 saturated carbocycles. The molecule has 1 N–H and O–H groups in total. The second-order valence-corrected chi connectivity index (χ2v) is 5.90. The number of ketones is 1. The van der Waals surface area contributed by atoms with Crippen molar-refractivity contribution in [2.45, 2.75) is 32.2 Å². The molecule has 0 aromatic heterocycles. The van der Waals surface area contributed by atoms with Gasteiger partial charge in [0.05, 0.1) is 11.3 Å². The number of anilines is 1. The number of carbonyl (C=O) groups excluding carboxylic acids is 2. The predicted octanol–water partition coefficient (Wildman–Crippen LogP) is 2.13. The van der Waals surface area contributed by atoms with E-state index in [1.165, 1.54) is 13.0 Å². The number of hydrogen-bond acceptors (Lipinski definition) is 3. The molecule has 2 aliphatic rings. The predicted molar refractivity (Wildman–Crippen MR) is 77.9 cm³/mol. The van der Waals surface area contributed by atoms with E-state index >= 15 is 0 Å². The van der Waals surface area contributed by atoms with Crippen molar-refractivity contribution in [2.75, 3.05) is 18.0 Å². The molecule has 2 atom stereocenters. The number of nitrogens with zero attached hydrogens (tertiary/aromatic N) is 1. The van der Waals surface area contributed by atoms with Crippen LogP contribution in [0, 0.1) is 11.7 Å². The lowest BCUT2D eigenvalue weighted by Crippen LogP contribution is -2.54. The lowest BCUT2D eigenvalue weighted by atomic mass is 9.84. The van der Waals surface area contributed by atoms with Crippen molar-refractivity contribution in [3.05, 3.63) is 29.6 Å². The fourth-order valence-electron chi connectivity index (χ4n) is 3.45. The van der Waals surface area contributed by atoms with E-state index in [4.69, 9.17) is 0 Å². The summed E-state index contributed by atoms with van der Waals surface area (Å²) in [5.41, 5.74) is 0.855. The summed E-state index contributed by atoms with van der Waals surface area (Å²) in [7, 11) is 0. The number of fused-ring (bicyclic) bond motifs is 1. The summed E-state index contributed by atoms with van der Waals surface area (Å²) < 4.78 is 13.9. The zero-order valence-corrected chi connectivity index (χ0v) is 12.1. The van der Waals surface area contributed by atoms with Gasteiger partial charge in [0.2, 0.25) is 5.91 Å². The van der Waals surface area contributed by atoms with Crippen LogP contribution in [0.25, 0.3) is 0 Å². The van der Waals surface area contributed by atoms with E-state index < -0.39 is 5.82 Å². The van der Waals surface area contributed by atoms with Gasteiger partial charge >= 0.3 is 0 Å². The molecule has 1 aromatic carbocycles. The van der Waals surface area contributed by atoms with Gasteiger partial charge in [-0.1, -0.05) is 6.07 Å². The van der Waals surface area contributed by atoms with Crippen LogP contribution < -0.4 is 10.2 Å². The Kier molecular flexibility index (Phi) is 3.66. The van der Waals surface area contributed by atoms with Crippen molar-refractivity contribution in [2.24, 2.45) is 5.92 Å². The number of carbonyl (C=O) groups is 2. The average Bonchev–Trinajstić information content (AvgIpc) is 2.46. The third-order valence-electron chi connectivity index (χ3n) is 4.51. The molecule has 0 spiro atoms. The lowest BCUT2D eigenvalue weighted by Gasteiger charge is -2.42. The Balaban J connectivity index is 1.85. The molecule has 2 aliphatic heterocycles. The maximum atomic E-state index is 13.9. The highest BCUT2D eigenvalue weighted by molar-refractivity contribution is 6.00. The van der Waals surface area contributed by atoms with Crippen molar-refractivity contribution in [3.63, 3.8) is 0 Å². The second kappa shape index (κ2) is 5.47. The van der Waals surface area contributed by atoms with Gasteiger partial charge in [0.1, 0.15) is 5.82 Å². The van der Waals surface area contributed by atoms with Crippen molar-refractivity contribution in [1.82, 2.24) is 5.32 Å². The molecule has 2 unspecified atom stereocenters. The van der Waals surface area contributed by atoms with Gasteiger partial charge in [-0.25, -0.2) is 4.39 Å². The van der Waals surface area contributed by atoms with Gasteiger partial charge in [-0.2, -0.15) is 0 Å². The highest BCUT2D eigenvalue weighted by atomic mass is 19.1. The number of Topliss-reactive ketones (excluding diaryl/α,β-unsaturated/α-hetero) is 1. The highest BCUT2D eigenvalue weighted by Gasteiger charge is 2.34. The highest BCUT2D eigenvalue weighted by Crippen LogP contribution is 2.31. The van der Waals surface area contributed by atoms with Crippen LogP contribution in [0.2, 0.25) is 0 Å². The normalized spacial score (nSPS) is 25.2. The molecule has 4 nitrogen and oxygen atoms in total. The zero-order valence-electron chi connectivity index (χ0n) is 12.1. The first-order chi connectivity index (χ1) is 10.1. The van der Waals surface area contributed by atoms with E-state index in [1.54, 1.807) is 6.07 Å². The minimum atomic E-state index is -0.459. The van der Waals surface area contributed by atoms with Gasteiger partial charge in [-0.05, 0) is 37.8 Å². The topological polar surface area (TPSA) is 49.4 Å². The Morgan fingerprint density at radius 1 is 1.38 bits per heavy atom. The van der Waals surface area contributed by atoms with E-state index in [9.17, 15) is 14.0 Å². The van der Waals surface area contributed by atoms with Gasteiger partial charge in [-0.15, -0.1) is 0 Å². The maximum Gasteiger partial charge on any atom is 0.220 e. The zero-order chi connectivity index (χ0) is 15.0. The minimum absolute atomic E-state index is 0.125. The summed E-state index contributed by atoms with van der Waals surface area (Å²) in [6, 6.07) is 5.00. The van der Waals surface area contributed by atoms with Crippen LogP contribution in [-0.4, -0.2) is 30.8 Å². The fraction of sp³-hybridized carbons (Fsp3) is 0.500. The molecule has 2 saturated heterocycles. The van der Waals surface area contributed by atoms with E-state index in [0.29, 0.717) is 18.0 Å². The fourth-order valence-corrected chi connectivity index (χ4v) is 3.45. The molecular weight excluding hydrogens is 271 g/mol. The third-order valence-corrected chi connectivity index (χ3v) is 4.51. The van der Waals surface area contributed by atoms with Gasteiger partial charge in [0, 0.05) is 25.6 Å². The van der Waals surface area contributed by atoms with Gasteiger partial charge in [0.15, 0.2) is 5.78 Å². The molecule has 5 heteroatoms. The van der Waals surface area contributed by atoms with Crippen LogP contribution in [0.4, 0.5) is 10.1 Å². The maximum absolute atomic E-state index is 13.9. The Labute approximate surface area is 123 Å². The van der Waals surface area contributed by atoms with E-state index in [0.717, 1.165) is 25.9 Å². The monoisotopic (exact) mass is 290 g/mol. The largest absolute Gasteiger partial charge is 0.370 e. The van der Waals surface area contributed by atoms with Gasteiger partial charge < -0.3 is 10.2 Å². The van der Waals surface area contributed by atoms with Crippen LogP contribution in [-0.2, 0) is 4.79 Å².